The van der Waals surface area contributed by atoms with Gasteiger partial charge in [-0.2, -0.15) is 0 Å². The second kappa shape index (κ2) is 3.87. The van der Waals surface area contributed by atoms with Crippen molar-refractivity contribution in [3.8, 4) is 0 Å². The fraction of sp³-hybridized carbons (Fsp3) is 0.400. The van der Waals surface area contributed by atoms with Gasteiger partial charge in [0.25, 0.3) is 0 Å². The van der Waals surface area contributed by atoms with E-state index in [1.54, 1.807) is 13.8 Å². The second-order valence-corrected chi connectivity index (χ2v) is 3.53. The summed E-state index contributed by atoms with van der Waals surface area (Å²) < 4.78 is 0. The zero-order valence-electron chi connectivity index (χ0n) is 7.95. The normalized spacial score (nSPS) is 11.7. The van der Waals surface area contributed by atoms with Gasteiger partial charge in [0.15, 0.2) is 0 Å². The third kappa shape index (κ3) is 2.52. The molecule has 0 aromatic heterocycles. The standard InChI is InChI=1S/C10H15NO2/c1-10(2,12)9-6-4-3-5-8(9)7-13-11/h3-6,12H,7,11H2,1-2H3. The summed E-state index contributed by atoms with van der Waals surface area (Å²) >= 11 is 0. The highest BCUT2D eigenvalue weighted by Crippen LogP contribution is 2.23. The molecule has 0 aliphatic heterocycles. The Morgan fingerprint density at radius 3 is 2.54 bits per heavy atom. The number of hydrogen-bond acceptors (Lipinski definition) is 3. The molecule has 0 spiro atoms. The van der Waals surface area contributed by atoms with Crippen LogP contribution in [0.5, 0.6) is 0 Å². The van der Waals surface area contributed by atoms with E-state index in [2.05, 4.69) is 4.84 Å². The summed E-state index contributed by atoms with van der Waals surface area (Å²) in [6.07, 6.45) is 0. The minimum absolute atomic E-state index is 0.320. The highest BCUT2D eigenvalue weighted by Gasteiger charge is 2.18. The van der Waals surface area contributed by atoms with E-state index in [9.17, 15) is 5.11 Å². The molecule has 0 atom stereocenters. The molecule has 0 fully saturated rings. The largest absolute Gasteiger partial charge is 0.386 e. The van der Waals surface area contributed by atoms with Gasteiger partial charge in [-0.15, -0.1) is 0 Å². The molecule has 0 aliphatic rings. The molecule has 1 rings (SSSR count). The van der Waals surface area contributed by atoms with Crippen LogP contribution >= 0.6 is 0 Å². The van der Waals surface area contributed by atoms with Crippen LogP contribution in [0.25, 0.3) is 0 Å². The first-order valence-electron chi connectivity index (χ1n) is 4.18. The Kier molecular flexibility index (Phi) is 3.03. The van der Waals surface area contributed by atoms with Crippen LogP contribution in [0.4, 0.5) is 0 Å². The quantitative estimate of drug-likeness (QED) is 0.691. The van der Waals surface area contributed by atoms with Gasteiger partial charge in [-0.1, -0.05) is 24.3 Å². The predicted molar refractivity (Wildman–Crippen MR) is 50.7 cm³/mol. The maximum absolute atomic E-state index is 9.80. The van der Waals surface area contributed by atoms with E-state index in [1.165, 1.54) is 0 Å². The summed E-state index contributed by atoms with van der Waals surface area (Å²) in [5, 5.41) is 9.80. The fourth-order valence-corrected chi connectivity index (χ4v) is 1.33. The summed E-state index contributed by atoms with van der Waals surface area (Å²) in [6.45, 7) is 3.80. The van der Waals surface area contributed by atoms with Crippen molar-refractivity contribution in [1.29, 1.82) is 0 Å². The topological polar surface area (TPSA) is 55.5 Å². The molecule has 3 nitrogen and oxygen atoms in total. The summed E-state index contributed by atoms with van der Waals surface area (Å²) in [6, 6.07) is 7.53. The molecule has 72 valence electrons. The zero-order chi connectivity index (χ0) is 9.90. The van der Waals surface area contributed by atoms with E-state index in [1.807, 2.05) is 24.3 Å². The highest BCUT2D eigenvalue weighted by molar-refractivity contribution is 5.30. The van der Waals surface area contributed by atoms with Gasteiger partial charge in [0.1, 0.15) is 0 Å². The van der Waals surface area contributed by atoms with E-state index in [0.29, 0.717) is 6.61 Å². The molecule has 3 N–H and O–H groups in total. The maximum atomic E-state index is 9.80. The maximum Gasteiger partial charge on any atom is 0.0933 e. The van der Waals surface area contributed by atoms with Crippen molar-refractivity contribution in [2.24, 2.45) is 5.90 Å². The summed E-state index contributed by atoms with van der Waals surface area (Å²) in [4.78, 5) is 4.55. The van der Waals surface area contributed by atoms with Gasteiger partial charge in [0.2, 0.25) is 0 Å². The molecule has 0 heterocycles. The van der Waals surface area contributed by atoms with Crippen LogP contribution in [0.15, 0.2) is 24.3 Å². The van der Waals surface area contributed by atoms with Gasteiger partial charge >= 0.3 is 0 Å². The molecule has 0 saturated heterocycles. The second-order valence-electron chi connectivity index (χ2n) is 3.53. The van der Waals surface area contributed by atoms with Crippen molar-refractivity contribution in [1.82, 2.24) is 0 Å². The fourth-order valence-electron chi connectivity index (χ4n) is 1.33. The van der Waals surface area contributed by atoms with Gasteiger partial charge in [-0.25, -0.2) is 5.90 Å². The molecule has 0 radical (unpaired) electrons. The van der Waals surface area contributed by atoms with Gasteiger partial charge in [0, 0.05) is 0 Å². The van der Waals surface area contributed by atoms with Crippen molar-refractivity contribution in [2.75, 3.05) is 0 Å². The monoisotopic (exact) mass is 181 g/mol. The Bertz CT molecular complexity index is 278. The minimum Gasteiger partial charge on any atom is -0.386 e. The number of benzene rings is 1. The van der Waals surface area contributed by atoms with Crippen LogP contribution in [0.3, 0.4) is 0 Å². The summed E-state index contributed by atoms with van der Waals surface area (Å²) in [7, 11) is 0. The van der Waals surface area contributed by atoms with Crippen LogP contribution < -0.4 is 5.90 Å². The Hall–Kier alpha value is -0.900. The minimum atomic E-state index is -0.852. The van der Waals surface area contributed by atoms with E-state index >= 15 is 0 Å². The van der Waals surface area contributed by atoms with Gasteiger partial charge in [-0.05, 0) is 25.0 Å². The molecule has 0 aliphatic carbocycles. The van der Waals surface area contributed by atoms with Gasteiger partial charge in [0.05, 0.1) is 12.2 Å². The first-order chi connectivity index (χ1) is 6.05. The van der Waals surface area contributed by atoms with E-state index in [0.717, 1.165) is 11.1 Å². The van der Waals surface area contributed by atoms with Crippen molar-refractivity contribution < 1.29 is 9.94 Å². The highest BCUT2D eigenvalue weighted by atomic mass is 16.6. The first kappa shape index (κ1) is 10.2. The Morgan fingerprint density at radius 2 is 2.00 bits per heavy atom. The van der Waals surface area contributed by atoms with Crippen molar-refractivity contribution in [3.63, 3.8) is 0 Å². The molecule has 0 unspecified atom stereocenters. The lowest BCUT2D eigenvalue weighted by Crippen LogP contribution is -2.18. The zero-order valence-corrected chi connectivity index (χ0v) is 7.95. The van der Waals surface area contributed by atoms with Crippen LogP contribution in [-0.4, -0.2) is 5.11 Å². The first-order valence-corrected chi connectivity index (χ1v) is 4.18. The van der Waals surface area contributed by atoms with Crippen LogP contribution in [0.2, 0.25) is 0 Å². The van der Waals surface area contributed by atoms with E-state index in [-0.39, 0.29) is 0 Å². The van der Waals surface area contributed by atoms with Gasteiger partial charge < -0.3 is 5.11 Å². The van der Waals surface area contributed by atoms with E-state index in [4.69, 9.17) is 5.90 Å². The lowest BCUT2D eigenvalue weighted by molar-refractivity contribution is 0.0714. The number of nitrogens with two attached hydrogens (primary N) is 1. The number of hydrogen-bond donors (Lipinski definition) is 2. The molecular formula is C10H15NO2. The molecule has 3 heteroatoms. The summed E-state index contributed by atoms with van der Waals surface area (Å²) in [5.74, 6) is 4.99. The molecule has 1 aromatic carbocycles. The predicted octanol–water partition coefficient (Wildman–Crippen LogP) is 1.30. The molecule has 13 heavy (non-hydrogen) atoms. The van der Waals surface area contributed by atoms with Crippen molar-refractivity contribution in [3.05, 3.63) is 35.4 Å². The Morgan fingerprint density at radius 1 is 1.38 bits per heavy atom. The van der Waals surface area contributed by atoms with Crippen LogP contribution in [0, 0.1) is 0 Å². The smallest absolute Gasteiger partial charge is 0.0933 e. The van der Waals surface area contributed by atoms with E-state index < -0.39 is 5.60 Å². The third-order valence-electron chi connectivity index (χ3n) is 1.92. The molecule has 0 bridgehead atoms. The molecule has 0 amide bonds. The third-order valence-corrected chi connectivity index (χ3v) is 1.92. The summed E-state index contributed by atoms with van der Waals surface area (Å²) in [5.41, 5.74) is 0.910. The molecular weight excluding hydrogens is 166 g/mol. The number of aliphatic hydroxyl groups is 1. The SMILES string of the molecule is CC(C)(O)c1ccccc1CON. The lowest BCUT2D eigenvalue weighted by atomic mass is 9.94. The lowest BCUT2D eigenvalue weighted by Gasteiger charge is -2.20. The number of rotatable bonds is 3. The van der Waals surface area contributed by atoms with Crippen LogP contribution in [-0.2, 0) is 17.0 Å². The van der Waals surface area contributed by atoms with Crippen LogP contribution in [0.1, 0.15) is 25.0 Å². The average molecular weight is 181 g/mol. The van der Waals surface area contributed by atoms with Crippen molar-refractivity contribution in [2.45, 2.75) is 26.1 Å². The Balaban J connectivity index is 3.05. The molecule has 1 aromatic rings. The average Bonchev–Trinajstić information content (AvgIpc) is 2.04. The van der Waals surface area contributed by atoms with Gasteiger partial charge in [-0.3, -0.25) is 4.84 Å². The molecule has 0 saturated carbocycles. The van der Waals surface area contributed by atoms with Crippen molar-refractivity contribution >= 4 is 0 Å². The Labute approximate surface area is 78.1 Å².